The van der Waals surface area contributed by atoms with Crippen LogP contribution in [0.4, 0.5) is 22.0 Å². The van der Waals surface area contributed by atoms with E-state index in [0.717, 1.165) is 42.4 Å². The van der Waals surface area contributed by atoms with Gasteiger partial charge in [0.15, 0.2) is 0 Å². The van der Waals surface area contributed by atoms with Crippen molar-refractivity contribution in [3.05, 3.63) is 83.4 Å². The van der Waals surface area contributed by atoms with Gasteiger partial charge < -0.3 is 24.8 Å². The first-order valence-electron chi connectivity index (χ1n) is 15.9. The Labute approximate surface area is 271 Å². The summed E-state index contributed by atoms with van der Waals surface area (Å²) < 4.78 is 75.2. The highest BCUT2D eigenvalue weighted by Gasteiger charge is 2.56. The van der Waals surface area contributed by atoms with Gasteiger partial charge in [0.1, 0.15) is 23.0 Å². The number of fused-ring (bicyclic) bond motifs is 1. The molecule has 3 atom stereocenters. The molecule has 11 heteroatoms. The first-order chi connectivity index (χ1) is 22.2. The van der Waals surface area contributed by atoms with Crippen LogP contribution in [0, 0.1) is 5.92 Å². The lowest BCUT2D eigenvalue weighted by molar-refractivity contribution is -0.284. The van der Waals surface area contributed by atoms with E-state index in [-0.39, 0.29) is 30.3 Å². The van der Waals surface area contributed by atoms with Crippen molar-refractivity contribution < 1.29 is 51.5 Å². The number of hydrogen-bond acceptors (Lipinski definition) is 5. The molecule has 0 aromatic heterocycles. The molecule has 0 saturated heterocycles. The Morgan fingerprint density at radius 2 is 1.49 bits per heavy atom. The summed E-state index contributed by atoms with van der Waals surface area (Å²) in [6, 6.07) is 20.1. The minimum atomic E-state index is -5.62. The smallest absolute Gasteiger partial charge is 0.453 e. The van der Waals surface area contributed by atoms with Crippen molar-refractivity contribution in [2.75, 3.05) is 13.2 Å². The van der Waals surface area contributed by atoms with Gasteiger partial charge in [0.05, 0.1) is 19.1 Å². The largest absolute Gasteiger partial charge is 0.508 e. The molecule has 0 spiro atoms. The van der Waals surface area contributed by atoms with E-state index < -0.39 is 42.2 Å². The number of halogens is 5. The Balaban J connectivity index is 1.24. The second-order valence-electron chi connectivity index (χ2n) is 12.5. The van der Waals surface area contributed by atoms with Gasteiger partial charge in [0.2, 0.25) is 0 Å². The zero-order chi connectivity index (χ0) is 34.2. The molecule has 256 valence electrons. The van der Waals surface area contributed by atoms with Gasteiger partial charge >= 0.3 is 18.1 Å². The minimum absolute atomic E-state index is 0.105. The lowest BCUT2D eigenvalue weighted by Gasteiger charge is -2.43. The van der Waals surface area contributed by atoms with Crippen LogP contribution in [0.2, 0.25) is 0 Å². The Morgan fingerprint density at radius 3 is 2.15 bits per heavy atom. The number of carboxylic acids is 1. The zero-order valence-electron chi connectivity index (χ0n) is 26.2. The average molecular weight is 665 g/mol. The number of aliphatic carboxylic acids is 1. The van der Waals surface area contributed by atoms with Crippen LogP contribution in [0.25, 0.3) is 0 Å². The fourth-order valence-electron chi connectivity index (χ4n) is 6.25. The van der Waals surface area contributed by atoms with Crippen molar-refractivity contribution in [3.8, 4) is 23.0 Å². The van der Waals surface area contributed by atoms with Crippen molar-refractivity contribution in [1.82, 2.24) is 0 Å². The summed E-state index contributed by atoms with van der Waals surface area (Å²) in [4.78, 5) is 11.4. The van der Waals surface area contributed by atoms with Gasteiger partial charge in [-0.15, -0.1) is 0 Å². The van der Waals surface area contributed by atoms with Crippen LogP contribution < -0.4 is 9.47 Å². The summed E-state index contributed by atoms with van der Waals surface area (Å²) in [5, 5.41) is 29.2. The van der Waals surface area contributed by atoms with E-state index in [0.29, 0.717) is 31.1 Å². The van der Waals surface area contributed by atoms with E-state index >= 15 is 0 Å². The van der Waals surface area contributed by atoms with Gasteiger partial charge in [0.25, 0.3) is 0 Å². The third kappa shape index (κ3) is 9.08. The van der Waals surface area contributed by atoms with Gasteiger partial charge in [-0.3, -0.25) is 4.79 Å². The molecule has 47 heavy (non-hydrogen) atoms. The first-order valence-corrected chi connectivity index (χ1v) is 15.9. The van der Waals surface area contributed by atoms with Gasteiger partial charge in [-0.05, 0) is 67.1 Å². The van der Waals surface area contributed by atoms with Gasteiger partial charge in [-0.25, -0.2) is 0 Å². The van der Waals surface area contributed by atoms with Crippen LogP contribution in [0.15, 0.2) is 66.7 Å². The summed E-state index contributed by atoms with van der Waals surface area (Å²) in [6.45, 7) is 2.97. The number of phenolic OH excluding ortho intramolecular Hbond substituents is 2. The molecular formula is C36H41F5O6. The van der Waals surface area contributed by atoms with Gasteiger partial charge in [-0.2, -0.15) is 22.0 Å². The number of hydrogen-bond donors (Lipinski definition) is 3. The fourth-order valence-corrected chi connectivity index (χ4v) is 6.25. The topological polar surface area (TPSA) is 96.2 Å². The predicted molar refractivity (Wildman–Crippen MR) is 167 cm³/mol. The molecule has 1 aliphatic rings. The van der Waals surface area contributed by atoms with Crippen LogP contribution in [-0.4, -0.2) is 46.6 Å². The van der Waals surface area contributed by atoms with E-state index in [9.17, 15) is 42.1 Å². The molecule has 4 rings (SSSR count). The van der Waals surface area contributed by atoms with E-state index in [1.54, 1.807) is 24.3 Å². The zero-order valence-corrected chi connectivity index (χ0v) is 26.2. The molecule has 3 N–H and O–H groups in total. The summed E-state index contributed by atoms with van der Waals surface area (Å²) in [5.74, 6) is -5.40. The number of carboxylic acid groups (broad SMARTS) is 1. The predicted octanol–water partition coefficient (Wildman–Crippen LogP) is 9.37. The minimum Gasteiger partial charge on any atom is -0.508 e. The highest BCUT2D eigenvalue weighted by Crippen LogP contribution is 2.51. The SMILES string of the molecule is C[C@]1(c2ccc(O)cc2)COc2cc(O)ccc2[C@H]1c1ccc(OCCCCCCCC(CCCC(F)(F)C(F)(F)F)C(=O)O)cc1. The van der Waals surface area contributed by atoms with Crippen LogP contribution in [0.1, 0.15) is 87.3 Å². The summed E-state index contributed by atoms with van der Waals surface area (Å²) in [7, 11) is 0. The third-order valence-electron chi connectivity index (χ3n) is 8.99. The van der Waals surface area contributed by atoms with Gasteiger partial charge in [-0.1, -0.05) is 62.9 Å². The molecule has 1 aliphatic heterocycles. The number of carbonyl (C=O) groups is 1. The second kappa shape index (κ2) is 15.3. The van der Waals surface area contributed by atoms with E-state index in [2.05, 4.69) is 6.92 Å². The lowest BCUT2D eigenvalue weighted by atomic mass is 9.65. The number of unbranched alkanes of at least 4 members (excludes halogenated alkanes) is 4. The van der Waals surface area contributed by atoms with Crippen LogP contribution in [-0.2, 0) is 10.2 Å². The number of phenols is 2. The van der Waals surface area contributed by atoms with E-state index in [4.69, 9.17) is 9.47 Å². The molecule has 0 amide bonds. The van der Waals surface area contributed by atoms with Crippen molar-refractivity contribution in [3.63, 3.8) is 0 Å². The molecule has 0 fully saturated rings. The van der Waals surface area contributed by atoms with Crippen molar-refractivity contribution in [2.45, 2.75) is 88.1 Å². The standard InChI is InChI=1S/C36H41F5O6/c1-34(26-12-14-27(42)15-13-26)23-47-31-22-28(43)16-19-30(31)32(34)24-10-17-29(18-11-24)46-21-6-4-2-3-5-8-25(33(44)45)9-7-20-35(37,38)36(39,40)41/h10-19,22,25,32,42-43H,2-9,20-21,23H2,1H3,(H,44,45)/t25?,32-,34-/m1/s1. The van der Waals surface area contributed by atoms with E-state index in [1.807, 2.05) is 42.5 Å². The van der Waals surface area contributed by atoms with Crippen LogP contribution in [0.5, 0.6) is 23.0 Å². The molecule has 3 aromatic carbocycles. The molecule has 3 aromatic rings. The normalized spacial score (nSPS) is 18.6. The summed E-state index contributed by atoms with van der Waals surface area (Å²) in [5.41, 5.74) is 2.52. The number of ether oxygens (including phenoxy) is 2. The molecule has 0 saturated carbocycles. The third-order valence-corrected chi connectivity index (χ3v) is 8.99. The lowest BCUT2D eigenvalue weighted by Crippen LogP contribution is -2.40. The maximum atomic E-state index is 13.1. The molecule has 0 radical (unpaired) electrons. The Bertz CT molecular complexity index is 1460. The maximum absolute atomic E-state index is 13.1. The highest BCUT2D eigenvalue weighted by atomic mass is 19.4. The quantitative estimate of drug-likeness (QED) is 0.104. The first kappa shape index (κ1) is 35.8. The fraction of sp³-hybridized carbons (Fsp3) is 0.472. The molecule has 0 bridgehead atoms. The highest BCUT2D eigenvalue weighted by molar-refractivity contribution is 5.69. The molecule has 0 aliphatic carbocycles. The number of alkyl halides is 5. The Kier molecular flexibility index (Phi) is 11.6. The molecular weight excluding hydrogens is 623 g/mol. The van der Waals surface area contributed by atoms with Crippen molar-refractivity contribution >= 4 is 5.97 Å². The second-order valence-corrected chi connectivity index (χ2v) is 12.5. The maximum Gasteiger partial charge on any atom is 0.453 e. The molecule has 6 nitrogen and oxygen atoms in total. The monoisotopic (exact) mass is 664 g/mol. The van der Waals surface area contributed by atoms with Crippen LogP contribution in [0.3, 0.4) is 0 Å². The number of benzene rings is 3. The summed E-state index contributed by atoms with van der Waals surface area (Å²) in [6.07, 6.45) is -3.82. The van der Waals surface area contributed by atoms with Crippen LogP contribution >= 0.6 is 0 Å². The number of rotatable bonds is 16. The Hall–Kier alpha value is -4.02. The number of aromatic hydroxyl groups is 2. The van der Waals surface area contributed by atoms with Crippen molar-refractivity contribution in [2.24, 2.45) is 5.92 Å². The average Bonchev–Trinajstić information content (AvgIpc) is 3.01. The Morgan fingerprint density at radius 1 is 0.872 bits per heavy atom. The molecule has 1 heterocycles. The van der Waals surface area contributed by atoms with Gasteiger partial charge in [0, 0.05) is 29.4 Å². The summed E-state index contributed by atoms with van der Waals surface area (Å²) >= 11 is 0. The van der Waals surface area contributed by atoms with E-state index in [1.165, 1.54) is 0 Å². The molecule has 1 unspecified atom stereocenters. The van der Waals surface area contributed by atoms with Crippen molar-refractivity contribution in [1.29, 1.82) is 0 Å².